The molecule has 0 radical (unpaired) electrons. The Bertz CT molecular complexity index is 984. The van der Waals surface area contributed by atoms with E-state index in [4.69, 9.17) is 4.74 Å². The minimum atomic E-state index is -3.80. The molecule has 0 aliphatic carbocycles. The molecule has 1 amide bonds. The summed E-state index contributed by atoms with van der Waals surface area (Å²) in [5.41, 5.74) is 3.44. The van der Waals surface area contributed by atoms with Crippen LogP contribution in [0, 0.1) is 13.8 Å². The number of rotatable bonds is 8. The molecule has 158 valence electrons. The van der Waals surface area contributed by atoms with Crippen LogP contribution in [-0.4, -0.2) is 38.8 Å². The van der Waals surface area contributed by atoms with Crippen LogP contribution in [0.4, 0.5) is 5.69 Å². The molecule has 0 aliphatic rings. The second-order valence-corrected chi connectivity index (χ2v) is 9.41. The van der Waals surface area contributed by atoms with Crippen LogP contribution in [0.2, 0.25) is 0 Å². The van der Waals surface area contributed by atoms with Crippen molar-refractivity contribution in [2.75, 3.05) is 25.5 Å². The van der Waals surface area contributed by atoms with Crippen LogP contribution < -0.4 is 10.1 Å². The molecule has 0 spiro atoms. The number of carbonyl (C=O) groups is 1. The Morgan fingerprint density at radius 3 is 2.41 bits per heavy atom. The highest BCUT2D eigenvalue weighted by atomic mass is 32.2. The third kappa shape index (κ3) is 5.36. The maximum Gasteiger partial charge on any atom is 0.243 e. The van der Waals surface area contributed by atoms with E-state index in [-0.39, 0.29) is 23.3 Å². The molecule has 0 saturated heterocycles. The van der Waals surface area contributed by atoms with Crippen LogP contribution in [0.1, 0.15) is 43.4 Å². The van der Waals surface area contributed by atoms with E-state index in [9.17, 15) is 13.2 Å². The van der Waals surface area contributed by atoms with Gasteiger partial charge in [-0.05, 0) is 61.6 Å². The molecule has 2 aromatic carbocycles. The van der Waals surface area contributed by atoms with Crippen molar-refractivity contribution in [3.8, 4) is 5.75 Å². The normalized spacial score (nSPS) is 11.7. The zero-order valence-electron chi connectivity index (χ0n) is 17.9. The van der Waals surface area contributed by atoms with Gasteiger partial charge < -0.3 is 10.1 Å². The van der Waals surface area contributed by atoms with Gasteiger partial charge in [-0.3, -0.25) is 4.79 Å². The Hall–Kier alpha value is -2.38. The fourth-order valence-corrected chi connectivity index (χ4v) is 4.30. The first-order chi connectivity index (χ1) is 13.6. The third-order valence-corrected chi connectivity index (χ3v) is 6.51. The number of likely N-dealkylation sites (N-methyl/N-ethyl adjacent to an activating group) is 1. The summed E-state index contributed by atoms with van der Waals surface area (Å²) in [4.78, 5) is 12.7. The number of carbonyl (C=O) groups excluding carboxylic acids is 1. The molecule has 0 unspecified atom stereocenters. The van der Waals surface area contributed by atoms with E-state index in [2.05, 4.69) is 19.2 Å². The van der Waals surface area contributed by atoms with Crippen molar-refractivity contribution in [3.63, 3.8) is 0 Å². The largest absolute Gasteiger partial charge is 0.494 e. The average molecular weight is 419 g/mol. The second kappa shape index (κ2) is 9.41. The van der Waals surface area contributed by atoms with Gasteiger partial charge in [0.05, 0.1) is 18.0 Å². The van der Waals surface area contributed by atoms with Crippen LogP contribution in [0.15, 0.2) is 41.3 Å². The Morgan fingerprint density at radius 2 is 1.83 bits per heavy atom. The van der Waals surface area contributed by atoms with Gasteiger partial charge in [-0.2, -0.15) is 4.31 Å². The minimum absolute atomic E-state index is 0.132. The van der Waals surface area contributed by atoms with Gasteiger partial charge in [0.15, 0.2) is 0 Å². The van der Waals surface area contributed by atoms with Gasteiger partial charge >= 0.3 is 0 Å². The zero-order chi connectivity index (χ0) is 21.8. The number of nitrogens with zero attached hydrogens (tertiary/aromatic N) is 1. The molecule has 1 N–H and O–H groups in total. The van der Waals surface area contributed by atoms with Gasteiger partial charge in [-0.1, -0.05) is 32.0 Å². The van der Waals surface area contributed by atoms with Crippen molar-refractivity contribution >= 4 is 21.6 Å². The summed E-state index contributed by atoms with van der Waals surface area (Å²) >= 11 is 0. The molecule has 0 fully saturated rings. The molecule has 6 nitrogen and oxygen atoms in total. The molecule has 0 aromatic heterocycles. The zero-order valence-corrected chi connectivity index (χ0v) is 18.8. The summed E-state index contributed by atoms with van der Waals surface area (Å²) in [5.74, 6) is 0.501. The van der Waals surface area contributed by atoms with E-state index in [1.54, 1.807) is 19.1 Å². The lowest BCUT2D eigenvalue weighted by Crippen LogP contribution is -2.35. The van der Waals surface area contributed by atoms with Crippen molar-refractivity contribution < 1.29 is 17.9 Å². The third-order valence-electron chi connectivity index (χ3n) is 4.71. The number of hydrogen-bond acceptors (Lipinski definition) is 4. The van der Waals surface area contributed by atoms with E-state index in [1.165, 1.54) is 13.1 Å². The van der Waals surface area contributed by atoms with Crippen LogP contribution in [-0.2, 0) is 14.8 Å². The van der Waals surface area contributed by atoms with Crippen molar-refractivity contribution in [1.29, 1.82) is 0 Å². The fourth-order valence-electron chi connectivity index (χ4n) is 3.09. The molecule has 7 heteroatoms. The first kappa shape index (κ1) is 22.9. The molecule has 2 aromatic rings. The highest BCUT2D eigenvalue weighted by Crippen LogP contribution is 2.28. The van der Waals surface area contributed by atoms with Crippen LogP contribution >= 0.6 is 0 Å². The number of nitrogens with one attached hydrogen (secondary N) is 1. The lowest BCUT2D eigenvalue weighted by molar-refractivity contribution is -0.116. The van der Waals surface area contributed by atoms with Crippen LogP contribution in [0.3, 0.4) is 0 Å². The predicted octanol–water partition coefficient (Wildman–Crippen LogP) is 4.08. The lowest BCUT2D eigenvalue weighted by atomic mass is 9.98. The van der Waals surface area contributed by atoms with E-state index in [0.717, 1.165) is 26.7 Å². The fraction of sp³-hybridized carbons (Fsp3) is 0.409. The number of ether oxygens (including phenoxy) is 1. The number of amides is 1. The standard InChI is InChI=1S/C22H30N2O4S/c1-7-28-20-12-11-18(13-17(20)5)29(26,27)24(6)14-21(25)23-22-16(4)9-8-10-19(22)15(2)3/h8-13,15H,7,14H2,1-6H3,(H,23,25). The van der Waals surface area contributed by atoms with Crippen molar-refractivity contribution in [3.05, 3.63) is 53.1 Å². The molecule has 0 aliphatic heterocycles. The molecule has 29 heavy (non-hydrogen) atoms. The monoisotopic (exact) mass is 418 g/mol. The lowest BCUT2D eigenvalue weighted by Gasteiger charge is -2.20. The average Bonchev–Trinajstić information content (AvgIpc) is 2.64. The van der Waals surface area contributed by atoms with E-state index < -0.39 is 10.0 Å². The van der Waals surface area contributed by atoms with Gasteiger partial charge in [0.1, 0.15) is 5.75 Å². The summed E-state index contributed by atoms with van der Waals surface area (Å²) in [6, 6.07) is 10.5. The number of para-hydroxylation sites is 1. The van der Waals surface area contributed by atoms with Gasteiger partial charge in [-0.25, -0.2) is 8.42 Å². The Morgan fingerprint density at radius 1 is 1.14 bits per heavy atom. The Kier molecular flexibility index (Phi) is 7.43. The SMILES string of the molecule is CCOc1ccc(S(=O)(=O)N(C)CC(=O)Nc2c(C)cccc2C(C)C)cc1C. The number of benzene rings is 2. The first-order valence-corrected chi connectivity index (χ1v) is 11.1. The van der Waals surface area contributed by atoms with Crippen LogP contribution in [0.25, 0.3) is 0 Å². The van der Waals surface area contributed by atoms with Crippen molar-refractivity contribution in [2.45, 2.75) is 45.4 Å². The Labute approximate surface area is 173 Å². The number of anilines is 1. The molecule has 0 atom stereocenters. The predicted molar refractivity (Wildman–Crippen MR) is 116 cm³/mol. The number of sulfonamides is 1. The van der Waals surface area contributed by atoms with E-state index >= 15 is 0 Å². The number of aryl methyl sites for hydroxylation is 2. The van der Waals surface area contributed by atoms with Gasteiger partial charge in [0.25, 0.3) is 0 Å². The summed E-state index contributed by atoms with van der Waals surface area (Å²) in [6.07, 6.45) is 0. The quantitative estimate of drug-likeness (QED) is 0.701. The first-order valence-electron chi connectivity index (χ1n) is 9.67. The second-order valence-electron chi connectivity index (χ2n) is 7.36. The van der Waals surface area contributed by atoms with Crippen molar-refractivity contribution in [1.82, 2.24) is 4.31 Å². The van der Waals surface area contributed by atoms with E-state index in [1.807, 2.05) is 32.0 Å². The highest BCUT2D eigenvalue weighted by Gasteiger charge is 2.24. The molecule has 0 heterocycles. The number of hydrogen-bond donors (Lipinski definition) is 1. The molecular formula is C22H30N2O4S. The van der Waals surface area contributed by atoms with E-state index in [0.29, 0.717) is 12.4 Å². The minimum Gasteiger partial charge on any atom is -0.494 e. The van der Waals surface area contributed by atoms with Crippen LogP contribution in [0.5, 0.6) is 5.75 Å². The highest BCUT2D eigenvalue weighted by molar-refractivity contribution is 7.89. The maximum atomic E-state index is 12.9. The maximum absolute atomic E-state index is 12.9. The summed E-state index contributed by atoms with van der Waals surface area (Å²) < 4.78 is 32.3. The molecule has 0 saturated carbocycles. The summed E-state index contributed by atoms with van der Waals surface area (Å²) in [6.45, 7) is 9.91. The van der Waals surface area contributed by atoms with Gasteiger partial charge in [0.2, 0.25) is 15.9 Å². The van der Waals surface area contributed by atoms with Gasteiger partial charge in [-0.15, -0.1) is 0 Å². The molecule has 2 rings (SSSR count). The summed E-state index contributed by atoms with van der Waals surface area (Å²) in [5, 5.41) is 2.89. The van der Waals surface area contributed by atoms with Gasteiger partial charge in [0, 0.05) is 12.7 Å². The molecule has 0 bridgehead atoms. The van der Waals surface area contributed by atoms with Crippen molar-refractivity contribution in [2.24, 2.45) is 0 Å². The topological polar surface area (TPSA) is 75.7 Å². The smallest absolute Gasteiger partial charge is 0.243 e. The molecular weight excluding hydrogens is 388 g/mol. The Balaban J connectivity index is 2.18. The summed E-state index contributed by atoms with van der Waals surface area (Å²) in [7, 11) is -2.40.